The third-order valence-electron chi connectivity index (χ3n) is 5.76. The summed E-state index contributed by atoms with van der Waals surface area (Å²) in [5.41, 5.74) is 9.43. The van der Waals surface area contributed by atoms with Crippen molar-refractivity contribution >= 4 is 5.91 Å². The molecule has 3 N–H and O–H groups in total. The fourth-order valence-corrected chi connectivity index (χ4v) is 4.20. The van der Waals surface area contributed by atoms with Crippen molar-refractivity contribution < 1.29 is 9.53 Å². The van der Waals surface area contributed by atoms with Crippen LogP contribution in [0.25, 0.3) is 0 Å². The summed E-state index contributed by atoms with van der Waals surface area (Å²) in [6, 6.07) is 9.43. The van der Waals surface area contributed by atoms with E-state index in [1.165, 1.54) is 0 Å². The molecule has 27 heavy (non-hydrogen) atoms. The van der Waals surface area contributed by atoms with Gasteiger partial charge in [0.2, 0.25) is 0 Å². The van der Waals surface area contributed by atoms with Crippen molar-refractivity contribution in [1.29, 1.82) is 0 Å². The number of hydrogen-bond donors (Lipinski definition) is 2. The van der Waals surface area contributed by atoms with Crippen LogP contribution in [0.1, 0.15) is 45.9 Å². The molecular formula is C21H25N3O3. The fourth-order valence-electron chi connectivity index (χ4n) is 4.20. The van der Waals surface area contributed by atoms with E-state index in [9.17, 15) is 9.59 Å². The molecule has 142 valence electrons. The molecule has 0 unspecified atom stereocenters. The minimum Gasteiger partial charge on any atom is -0.497 e. The van der Waals surface area contributed by atoms with Crippen molar-refractivity contribution in [3.8, 4) is 5.75 Å². The first kappa shape index (κ1) is 17.8. The second-order valence-electron chi connectivity index (χ2n) is 7.48. The zero-order valence-electron chi connectivity index (χ0n) is 15.5. The standard InChI is InChI=1S/C21H25N3O3/c1-27-15-8-6-13(7-9-15)17-11-24(12-18(17)22)21(26)16-10-14-4-2-3-5-19(14)23-20(16)25/h6-10,17-18H,2-5,11-12,22H2,1H3,(H,23,25)/t17-,18+/m0/s1. The highest BCUT2D eigenvalue weighted by molar-refractivity contribution is 5.94. The van der Waals surface area contributed by atoms with E-state index in [0.29, 0.717) is 13.1 Å². The first-order valence-corrected chi connectivity index (χ1v) is 9.50. The maximum atomic E-state index is 13.0. The van der Waals surface area contributed by atoms with Crippen molar-refractivity contribution in [2.45, 2.75) is 37.6 Å². The molecule has 1 amide bonds. The van der Waals surface area contributed by atoms with Crippen LogP contribution in [-0.2, 0) is 12.8 Å². The normalized spacial score (nSPS) is 21.8. The number of rotatable bonds is 3. The Hall–Kier alpha value is -2.60. The Morgan fingerprint density at radius 1 is 1.19 bits per heavy atom. The van der Waals surface area contributed by atoms with Crippen LogP contribution in [0, 0.1) is 0 Å². The molecule has 2 heterocycles. The second kappa shape index (κ2) is 7.19. The predicted octanol–water partition coefficient (Wildman–Crippen LogP) is 1.83. The van der Waals surface area contributed by atoms with Gasteiger partial charge in [0, 0.05) is 30.7 Å². The van der Waals surface area contributed by atoms with Gasteiger partial charge in [-0.25, -0.2) is 0 Å². The molecule has 0 saturated carbocycles. The van der Waals surface area contributed by atoms with E-state index in [1.54, 1.807) is 18.1 Å². The zero-order valence-corrected chi connectivity index (χ0v) is 15.5. The summed E-state index contributed by atoms with van der Waals surface area (Å²) in [6.07, 6.45) is 3.98. The molecule has 6 heteroatoms. The number of carbonyl (C=O) groups is 1. The number of aromatic nitrogens is 1. The lowest BCUT2D eigenvalue weighted by atomic mass is 9.94. The number of aromatic amines is 1. The number of benzene rings is 1. The second-order valence-corrected chi connectivity index (χ2v) is 7.48. The summed E-state index contributed by atoms with van der Waals surface area (Å²) in [5, 5.41) is 0. The van der Waals surface area contributed by atoms with E-state index in [1.807, 2.05) is 24.3 Å². The molecule has 1 saturated heterocycles. The SMILES string of the molecule is COc1ccc([C@@H]2CN(C(=O)c3cc4c([nH]c3=O)CCCC4)C[C@H]2N)cc1. The Labute approximate surface area is 158 Å². The lowest BCUT2D eigenvalue weighted by molar-refractivity contribution is 0.0787. The maximum Gasteiger partial charge on any atom is 0.261 e. The Morgan fingerprint density at radius 2 is 1.93 bits per heavy atom. The molecule has 1 aromatic carbocycles. The third kappa shape index (κ3) is 3.37. The van der Waals surface area contributed by atoms with Gasteiger partial charge in [-0.1, -0.05) is 12.1 Å². The van der Waals surface area contributed by atoms with Crippen LogP contribution >= 0.6 is 0 Å². The van der Waals surface area contributed by atoms with Crippen LogP contribution in [0.4, 0.5) is 0 Å². The fraction of sp³-hybridized carbons (Fsp3) is 0.429. The number of ether oxygens (including phenoxy) is 1. The number of likely N-dealkylation sites (tertiary alicyclic amines) is 1. The van der Waals surface area contributed by atoms with Gasteiger partial charge < -0.3 is 20.4 Å². The van der Waals surface area contributed by atoms with Gasteiger partial charge in [-0.05, 0) is 55.0 Å². The van der Waals surface area contributed by atoms with E-state index in [-0.39, 0.29) is 29.0 Å². The van der Waals surface area contributed by atoms with Crippen molar-refractivity contribution in [3.05, 3.63) is 63.1 Å². The number of nitrogens with zero attached hydrogens (tertiary/aromatic N) is 1. The third-order valence-corrected chi connectivity index (χ3v) is 5.76. The minimum absolute atomic E-state index is 0.0524. The molecule has 2 aromatic rings. The van der Waals surface area contributed by atoms with Crippen LogP contribution in [0.2, 0.25) is 0 Å². The van der Waals surface area contributed by atoms with Gasteiger partial charge >= 0.3 is 0 Å². The molecule has 1 aliphatic heterocycles. The molecule has 0 bridgehead atoms. The van der Waals surface area contributed by atoms with Gasteiger partial charge in [0.05, 0.1) is 7.11 Å². The smallest absolute Gasteiger partial charge is 0.261 e. The number of nitrogens with one attached hydrogen (secondary N) is 1. The van der Waals surface area contributed by atoms with Gasteiger partial charge in [-0.15, -0.1) is 0 Å². The molecule has 6 nitrogen and oxygen atoms in total. The van der Waals surface area contributed by atoms with Crippen molar-refractivity contribution in [1.82, 2.24) is 9.88 Å². The number of amides is 1. The summed E-state index contributed by atoms with van der Waals surface area (Å²) >= 11 is 0. The number of aryl methyl sites for hydroxylation is 2. The molecule has 4 rings (SSSR count). The van der Waals surface area contributed by atoms with Crippen LogP contribution in [0.15, 0.2) is 35.1 Å². The highest BCUT2D eigenvalue weighted by atomic mass is 16.5. The Morgan fingerprint density at radius 3 is 2.67 bits per heavy atom. The highest BCUT2D eigenvalue weighted by Crippen LogP contribution is 2.29. The predicted molar refractivity (Wildman–Crippen MR) is 103 cm³/mol. The molecule has 1 fully saturated rings. The summed E-state index contributed by atoms with van der Waals surface area (Å²) in [7, 11) is 1.63. The Bertz CT molecular complexity index is 904. The van der Waals surface area contributed by atoms with Gasteiger partial charge in [-0.3, -0.25) is 9.59 Å². The molecule has 1 aromatic heterocycles. The lowest BCUT2D eigenvalue weighted by Gasteiger charge is -2.19. The minimum atomic E-state index is -0.290. The Balaban J connectivity index is 1.55. The number of H-pyrrole nitrogens is 1. The molecule has 1 aliphatic carbocycles. The van der Waals surface area contributed by atoms with Crippen molar-refractivity contribution in [3.63, 3.8) is 0 Å². The lowest BCUT2D eigenvalue weighted by Crippen LogP contribution is -2.35. The van der Waals surface area contributed by atoms with Crippen LogP contribution in [0.3, 0.4) is 0 Å². The van der Waals surface area contributed by atoms with Crippen LogP contribution in [0.5, 0.6) is 5.75 Å². The largest absolute Gasteiger partial charge is 0.497 e. The summed E-state index contributed by atoms with van der Waals surface area (Å²) < 4.78 is 5.20. The molecule has 2 aliphatic rings. The van der Waals surface area contributed by atoms with Crippen LogP contribution in [-0.4, -0.2) is 42.0 Å². The van der Waals surface area contributed by atoms with E-state index in [0.717, 1.165) is 48.3 Å². The number of carbonyl (C=O) groups excluding carboxylic acids is 1. The Kier molecular flexibility index (Phi) is 4.74. The van der Waals surface area contributed by atoms with Crippen molar-refractivity contribution in [2.75, 3.05) is 20.2 Å². The number of methoxy groups -OCH3 is 1. The van der Waals surface area contributed by atoms with Gasteiger partial charge in [0.15, 0.2) is 0 Å². The first-order valence-electron chi connectivity index (χ1n) is 9.50. The summed E-state index contributed by atoms with van der Waals surface area (Å²) in [4.78, 5) is 30.1. The van der Waals surface area contributed by atoms with E-state index in [2.05, 4.69) is 4.98 Å². The number of hydrogen-bond acceptors (Lipinski definition) is 4. The maximum absolute atomic E-state index is 13.0. The van der Waals surface area contributed by atoms with Gasteiger partial charge in [0.25, 0.3) is 11.5 Å². The molecule has 0 radical (unpaired) electrons. The van der Waals surface area contributed by atoms with Crippen molar-refractivity contribution in [2.24, 2.45) is 5.73 Å². The summed E-state index contributed by atoms with van der Waals surface area (Å²) in [6.45, 7) is 0.967. The monoisotopic (exact) mass is 367 g/mol. The number of fused-ring (bicyclic) bond motifs is 1. The molecule has 0 spiro atoms. The van der Waals surface area contributed by atoms with E-state index >= 15 is 0 Å². The average Bonchev–Trinajstić information content (AvgIpc) is 3.08. The van der Waals surface area contributed by atoms with Crippen LogP contribution < -0.4 is 16.0 Å². The first-order chi connectivity index (χ1) is 13.1. The number of pyridine rings is 1. The zero-order chi connectivity index (χ0) is 19.0. The average molecular weight is 367 g/mol. The summed E-state index contributed by atoms with van der Waals surface area (Å²) in [5.74, 6) is 0.617. The quantitative estimate of drug-likeness (QED) is 0.866. The molecule has 2 atom stereocenters. The van der Waals surface area contributed by atoms with E-state index in [4.69, 9.17) is 10.5 Å². The topological polar surface area (TPSA) is 88.4 Å². The van der Waals surface area contributed by atoms with E-state index < -0.39 is 0 Å². The number of nitrogens with two attached hydrogens (primary N) is 1. The van der Waals surface area contributed by atoms with Gasteiger partial charge in [-0.2, -0.15) is 0 Å². The highest BCUT2D eigenvalue weighted by Gasteiger charge is 2.35. The molecular weight excluding hydrogens is 342 g/mol. The van der Waals surface area contributed by atoms with Gasteiger partial charge in [0.1, 0.15) is 11.3 Å².